The molecule has 0 fully saturated rings. The summed E-state index contributed by atoms with van der Waals surface area (Å²) in [6, 6.07) is 2.41. The zero-order valence-electron chi connectivity index (χ0n) is 7.78. The van der Waals surface area contributed by atoms with Crippen molar-refractivity contribution >= 4 is 5.91 Å². The molecule has 0 bridgehead atoms. The predicted molar refractivity (Wildman–Crippen MR) is 51.1 cm³/mol. The van der Waals surface area contributed by atoms with Crippen molar-refractivity contribution in [2.24, 2.45) is 0 Å². The van der Waals surface area contributed by atoms with Gasteiger partial charge in [0.2, 0.25) is 5.56 Å². The third kappa shape index (κ3) is 2.70. The van der Waals surface area contributed by atoms with E-state index < -0.39 is 0 Å². The molecule has 1 aromatic rings. The van der Waals surface area contributed by atoms with Crippen molar-refractivity contribution < 1.29 is 9.90 Å². The first kappa shape index (κ1) is 10.5. The highest BCUT2D eigenvalue weighted by Crippen LogP contribution is 1.93. The molecule has 5 nitrogen and oxygen atoms in total. The van der Waals surface area contributed by atoms with Crippen molar-refractivity contribution in [1.82, 2.24) is 10.3 Å². The maximum absolute atomic E-state index is 11.4. The van der Waals surface area contributed by atoms with Crippen LogP contribution in [0.1, 0.15) is 17.3 Å². The third-order valence-corrected chi connectivity index (χ3v) is 1.70. The lowest BCUT2D eigenvalue weighted by Gasteiger charge is -2.09. The highest BCUT2D eigenvalue weighted by Gasteiger charge is 2.08. The molecule has 1 atom stereocenters. The number of amides is 1. The van der Waals surface area contributed by atoms with Crippen LogP contribution in [-0.4, -0.2) is 28.6 Å². The molecule has 0 spiro atoms. The Morgan fingerprint density at radius 2 is 2.36 bits per heavy atom. The molecular weight excluding hydrogens is 184 g/mol. The Balaban J connectivity index is 2.70. The second-order valence-corrected chi connectivity index (χ2v) is 3.00. The number of aliphatic hydroxyl groups excluding tert-OH is 1. The van der Waals surface area contributed by atoms with E-state index in [9.17, 15) is 9.59 Å². The van der Waals surface area contributed by atoms with Gasteiger partial charge in [0.25, 0.3) is 5.91 Å². The van der Waals surface area contributed by atoms with E-state index in [4.69, 9.17) is 5.11 Å². The molecule has 1 rings (SSSR count). The summed E-state index contributed by atoms with van der Waals surface area (Å²) in [7, 11) is 0. The molecule has 0 aliphatic rings. The van der Waals surface area contributed by atoms with E-state index >= 15 is 0 Å². The molecule has 1 heterocycles. The molecular formula is C9H12N2O3. The van der Waals surface area contributed by atoms with Gasteiger partial charge in [0.05, 0.1) is 12.2 Å². The van der Waals surface area contributed by atoms with Crippen LogP contribution < -0.4 is 10.9 Å². The zero-order valence-corrected chi connectivity index (χ0v) is 7.78. The Bertz CT molecular complexity index is 352. The normalized spacial score (nSPS) is 12.1. The van der Waals surface area contributed by atoms with Crippen LogP contribution in [0.3, 0.4) is 0 Å². The largest absolute Gasteiger partial charge is 0.394 e. The first-order valence-electron chi connectivity index (χ1n) is 4.24. The number of H-pyrrole nitrogens is 1. The maximum atomic E-state index is 11.4. The van der Waals surface area contributed by atoms with E-state index in [1.807, 2.05) is 0 Å². The topological polar surface area (TPSA) is 82.2 Å². The summed E-state index contributed by atoms with van der Waals surface area (Å²) < 4.78 is 0. The van der Waals surface area contributed by atoms with Crippen molar-refractivity contribution in [2.75, 3.05) is 6.61 Å². The molecule has 0 radical (unpaired) electrons. The first-order valence-corrected chi connectivity index (χ1v) is 4.24. The zero-order chi connectivity index (χ0) is 10.6. The molecule has 3 N–H and O–H groups in total. The molecule has 1 aromatic heterocycles. The molecule has 0 aromatic carbocycles. The van der Waals surface area contributed by atoms with Gasteiger partial charge in [0.15, 0.2) is 0 Å². The number of carbonyl (C=O) groups excluding carboxylic acids is 1. The Labute approximate surface area is 80.8 Å². The minimum atomic E-state index is -0.317. The van der Waals surface area contributed by atoms with Crippen LogP contribution >= 0.6 is 0 Å². The first-order chi connectivity index (χ1) is 6.63. The lowest BCUT2D eigenvalue weighted by Crippen LogP contribution is -2.35. The minimum Gasteiger partial charge on any atom is -0.394 e. The fourth-order valence-electron chi connectivity index (χ4n) is 0.905. The molecule has 0 saturated carbocycles. The van der Waals surface area contributed by atoms with Gasteiger partial charge in [-0.1, -0.05) is 0 Å². The van der Waals surface area contributed by atoms with Gasteiger partial charge in [-0.25, -0.2) is 0 Å². The Morgan fingerprint density at radius 1 is 1.64 bits per heavy atom. The number of aromatic nitrogens is 1. The van der Waals surface area contributed by atoms with Gasteiger partial charge in [0.1, 0.15) is 0 Å². The van der Waals surface area contributed by atoms with E-state index in [-0.39, 0.29) is 24.1 Å². The van der Waals surface area contributed by atoms with Gasteiger partial charge < -0.3 is 15.4 Å². The van der Waals surface area contributed by atoms with Crippen LogP contribution in [0, 0.1) is 0 Å². The van der Waals surface area contributed by atoms with Crippen molar-refractivity contribution in [3.05, 3.63) is 34.2 Å². The number of nitrogens with one attached hydrogen (secondary N) is 2. The van der Waals surface area contributed by atoms with Crippen molar-refractivity contribution in [2.45, 2.75) is 13.0 Å². The predicted octanol–water partition coefficient (Wildman–Crippen LogP) is -0.515. The summed E-state index contributed by atoms with van der Waals surface area (Å²) in [5, 5.41) is 11.3. The fraction of sp³-hybridized carbons (Fsp3) is 0.333. The van der Waals surface area contributed by atoms with Crippen molar-refractivity contribution in [3.63, 3.8) is 0 Å². The molecule has 0 saturated heterocycles. The average Bonchev–Trinajstić information content (AvgIpc) is 2.18. The summed E-state index contributed by atoms with van der Waals surface area (Å²) in [6.45, 7) is 1.57. The summed E-state index contributed by atoms with van der Waals surface area (Å²) in [6.07, 6.45) is 1.34. The number of hydrogen-bond donors (Lipinski definition) is 3. The monoisotopic (exact) mass is 196 g/mol. The van der Waals surface area contributed by atoms with Gasteiger partial charge in [-0.05, 0) is 13.0 Å². The number of carbonyl (C=O) groups is 1. The van der Waals surface area contributed by atoms with Gasteiger partial charge in [-0.2, -0.15) is 0 Å². The summed E-state index contributed by atoms with van der Waals surface area (Å²) in [4.78, 5) is 24.5. The van der Waals surface area contributed by atoms with Gasteiger partial charge in [0, 0.05) is 18.3 Å². The van der Waals surface area contributed by atoms with Crippen molar-refractivity contribution in [1.29, 1.82) is 0 Å². The standard InChI is InChI=1S/C9H12N2O3/c1-6(5-12)11-9(14)7-2-3-8(13)10-4-7/h2-4,6,12H,5H2,1H3,(H,10,13)(H,11,14)/t6-/m0/s1. The highest BCUT2D eigenvalue weighted by atomic mass is 16.3. The van der Waals surface area contributed by atoms with Crippen LogP contribution in [0.15, 0.2) is 23.1 Å². The maximum Gasteiger partial charge on any atom is 0.253 e. The molecule has 0 unspecified atom stereocenters. The lowest BCUT2D eigenvalue weighted by molar-refractivity contribution is 0.0922. The quantitative estimate of drug-likeness (QED) is 0.608. The van der Waals surface area contributed by atoms with Gasteiger partial charge in [-0.15, -0.1) is 0 Å². The van der Waals surface area contributed by atoms with Crippen LogP contribution in [0.2, 0.25) is 0 Å². The Morgan fingerprint density at radius 3 is 2.86 bits per heavy atom. The molecule has 0 aliphatic carbocycles. The minimum absolute atomic E-state index is 0.116. The third-order valence-electron chi connectivity index (χ3n) is 1.70. The number of aromatic amines is 1. The SMILES string of the molecule is C[C@@H](CO)NC(=O)c1ccc(=O)[nH]c1. The van der Waals surface area contributed by atoms with E-state index in [0.717, 1.165) is 0 Å². The fourth-order valence-corrected chi connectivity index (χ4v) is 0.905. The Kier molecular flexibility index (Phi) is 3.41. The number of aliphatic hydroxyl groups is 1. The Hall–Kier alpha value is -1.62. The van der Waals surface area contributed by atoms with Crippen LogP contribution in [0.25, 0.3) is 0 Å². The summed E-state index contributed by atoms with van der Waals surface area (Å²) >= 11 is 0. The molecule has 5 heteroatoms. The van der Waals surface area contributed by atoms with Crippen LogP contribution in [-0.2, 0) is 0 Å². The summed E-state index contributed by atoms with van der Waals surface area (Å²) in [5.41, 5.74) is 0.113. The molecule has 76 valence electrons. The molecule has 0 aliphatic heterocycles. The van der Waals surface area contributed by atoms with E-state index in [1.54, 1.807) is 6.92 Å². The molecule has 1 amide bonds. The van der Waals surface area contributed by atoms with Crippen molar-refractivity contribution in [3.8, 4) is 0 Å². The second kappa shape index (κ2) is 4.57. The van der Waals surface area contributed by atoms with Crippen LogP contribution in [0.5, 0.6) is 0 Å². The van der Waals surface area contributed by atoms with E-state index in [0.29, 0.717) is 5.56 Å². The number of hydrogen-bond acceptors (Lipinski definition) is 3. The van der Waals surface area contributed by atoms with Crippen LogP contribution in [0.4, 0.5) is 0 Å². The summed E-state index contributed by atoms with van der Waals surface area (Å²) in [5.74, 6) is -0.317. The van der Waals surface area contributed by atoms with E-state index in [1.165, 1.54) is 18.3 Å². The van der Waals surface area contributed by atoms with E-state index in [2.05, 4.69) is 10.3 Å². The van der Waals surface area contributed by atoms with Gasteiger partial charge in [-0.3, -0.25) is 9.59 Å². The number of rotatable bonds is 3. The average molecular weight is 196 g/mol. The highest BCUT2D eigenvalue weighted by molar-refractivity contribution is 5.93. The lowest BCUT2D eigenvalue weighted by atomic mass is 10.2. The van der Waals surface area contributed by atoms with Gasteiger partial charge >= 0.3 is 0 Å². The second-order valence-electron chi connectivity index (χ2n) is 3.00. The smallest absolute Gasteiger partial charge is 0.253 e. The number of pyridine rings is 1. The molecule has 14 heavy (non-hydrogen) atoms.